The molecule has 3 heterocycles. The molecular formula is C19H21N3O4. The molecule has 136 valence electrons. The first kappa shape index (κ1) is 15.7. The highest BCUT2D eigenvalue weighted by atomic mass is 16.7. The third-order valence-electron chi connectivity index (χ3n) is 5.13. The van der Waals surface area contributed by atoms with Gasteiger partial charge in [0.25, 0.3) is 5.91 Å². The van der Waals surface area contributed by atoms with E-state index < -0.39 is 0 Å². The molecule has 0 bridgehead atoms. The van der Waals surface area contributed by atoms with Crippen LogP contribution < -0.4 is 9.47 Å². The number of carbonyl (C=O) groups excluding carboxylic acids is 1. The maximum atomic E-state index is 13.1. The number of rotatable bonds is 4. The lowest BCUT2D eigenvalue weighted by atomic mass is 10.1. The first-order valence-corrected chi connectivity index (χ1v) is 9.07. The van der Waals surface area contributed by atoms with Gasteiger partial charge in [0.15, 0.2) is 11.5 Å². The van der Waals surface area contributed by atoms with E-state index >= 15 is 0 Å². The van der Waals surface area contributed by atoms with Crippen LogP contribution in [0.5, 0.6) is 11.5 Å². The lowest BCUT2D eigenvalue weighted by Gasteiger charge is -2.24. The first-order chi connectivity index (χ1) is 12.8. The van der Waals surface area contributed by atoms with Gasteiger partial charge in [-0.25, -0.2) is 0 Å². The Labute approximate surface area is 151 Å². The molecule has 7 heteroatoms. The summed E-state index contributed by atoms with van der Waals surface area (Å²) >= 11 is 0. The summed E-state index contributed by atoms with van der Waals surface area (Å²) in [5.74, 6) is 1.96. The fourth-order valence-corrected chi connectivity index (χ4v) is 3.44. The summed E-state index contributed by atoms with van der Waals surface area (Å²) in [6.07, 6.45) is 4.23. The van der Waals surface area contributed by atoms with Crippen molar-refractivity contribution in [3.05, 3.63) is 41.7 Å². The Bertz CT molecular complexity index is 830. The van der Waals surface area contributed by atoms with Crippen LogP contribution in [-0.2, 0) is 17.8 Å². The van der Waals surface area contributed by atoms with E-state index in [1.807, 2.05) is 15.6 Å². The molecule has 26 heavy (non-hydrogen) atoms. The first-order valence-electron chi connectivity index (χ1n) is 9.07. The second-order valence-electron chi connectivity index (χ2n) is 7.16. The third kappa shape index (κ3) is 3.03. The Kier molecular flexibility index (Phi) is 3.81. The van der Waals surface area contributed by atoms with Crippen molar-refractivity contribution < 1.29 is 19.0 Å². The molecule has 0 radical (unpaired) electrons. The van der Waals surface area contributed by atoms with Crippen LogP contribution in [0.4, 0.5) is 0 Å². The summed E-state index contributed by atoms with van der Waals surface area (Å²) in [6, 6.07) is 7.30. The minimum absolute atomic E-state index is 0.0297. The molecule has 0 saturated heterocycles. The quantitative estimate of drug-likeness (QED) is 0.840. The van der Waals surface area contributed by atoms with Crippen molar-refractivity contribution in [1.29, 1.82) is 0 Å². The zero-order valence-electron chi connectivity index (χ0n) is 14.5. The van der Waals surface area contributed by atoms with Crippen molar-refractivity contribution >= 4 is 5.91 Å². The van der Waals surface area contributed by atoms with E-state index in [0.717, 1.165) is 12.3 Å². The van der Waals surface area contributed by atoms with Crippen molar-refractivity contribution in [1.82, 2.24) is 14.7 Å². The number of nitrogens with zero attached hydrogens (tertiary/aromatic N) is 3. The van der Waals surface area contributed by atoms with E-state index in [1.165, 1.54) is 12.8 Å². The molecule has 0 N–H and O–H groups in total. The van der Waals surface area contributed by atoms with Gasteiger partial charge in [0.05, 0.1) is 24.9 Å². The van der Waals surface area contributed by atoms with Crippen molar-refractivity contribution in [2.75, 3.05) is 19.9 Å². The van der Waals surface area contributed by atoms with Crippen molar-refractivity contribution in [3.63, 3.8) is 0 Å². The van der Waals surface area contributed by atoms with Gasteiger partial charge in [-0.3, -0.25) is 9.48 Å². The summed E-state index contributed by atoms with van der Waals surface area (Å²) in [4.78, 5) is 15.0. The molecule has 2 aliphatic heterocycles. The number of fused-ring (bicyclic) bond motifs is 2. The van der Waals surface area contributed by atoms with Crippen LogP contribution in [0.2, 0.25) is 0 Å². The zero-order chi connectivity index (χ0) is 17.5. The van der Waals surface area contributed by atoms with Crippen molar-refractivity contribution in [2.45, 2.75) is 32.0 Å². The van der Waals surface area contributed by atoms with Gasteiger partial charge in [-0.2, -0.15) is 5.10 Å². The molecule has 2 aromatic rings. The number of hydrogen-bond donors (Lipinski definition) is 0. The molecule has 1 aromatic carbocycles. The van der Waals surface area contributed by atoms with Crippen molar-refractivity contribution in [3.8, 4) is 11.5 Å². The maximum Gasteiger partial charge on any atom is 0.254 e. The van der Waals surface area contributed by atoms with E-state index in [-0.39, 0.29) is 18.8 Å². The lowest BCUT2D eigenvalue weighted by Crippen LogP contribution is -2.37. The van der Waals surface area contributed by atoms with E-state index in [1.54, 1.807) is 24.4 Å². The minimum Gasteiger partial charge on any atom is -0.454 e. The number of carbonyl (C=O) groups is 1. The molecule has 1 fully saturated rings. The summed E-state index contributed by atoms with van der Waals surface area (Å²) < 4.78 is 18.8. The van der Waals surface area contributed by atoms with Gasteiger partial charge < -0.3 is 19.1 Å². The summed E-state index contributed by atoms with van der Waals surface area (Å²) in [6.45, 7) is 2.74. The van der Waals surface area contributed by atoms with E-state index in [4.69, 9.17) is 14.2 Å². The van der Waals surface area contributed by atoms with E-state index in [0.29, 0.717) is 42.6 Å². The molecule has 1 aliphatic carbocycles. The number of hydrogen-bond acceptors (Lipinski definition) is 5. The van der Waals surface area contributed by atoms with Crippen LogP contribution in [0.25, 0.3) is 0 Å². The topological polar surface area (TPSA) is 65.8 Å². The predicted molar refractivity (Wildman–Crippen MR) is 92.0 cm³/mol. The van der Waals surface area contributed by atoms with Crippen LogP contribution >= 0.6 is 0 Å². The number of amides is 1. The molecular weight excluding hydrogens is 334 g/mol. The molecule has 7 nitrogen and oxygen atoms in total. The Hall–Kier alpha value is -2.54. The number of aromatic nitrogens is 2. The van der Waals surface area contributed by atoms with E-state index in [9.17, 15) is 4.79 Å². The highest BCUT2D eigenvalue weighted by Crippen LogP contribution is 2.33. The molecule has 1 amide bonds. The van der Waals surface area contributed by atoms with E-state index in [2.05, 4.69) is 5.10 Å². The van der Waals surface area contributed by atoms with Gasteiger partial charge in [0.2, 0.25) is 6.79 Å². The highest BCUT2D eigenvalue weighted by Gasteiger charge is 2.29. The molecule has 0 spiro atoms. The third-order valence-corrected chi connectivity index (χ3v) is 5.13. The molecule has 1 aromatic heterocycles. The van der Waals surface area contributed by atoms with Crippen LogP contribution in [0.3, 0.4) is 0 Å². The van der Waals surface area contributed by atoms with Crippen LogP contribution in [0, 0.1) is 5.92 Å². The Morgan fingerprint density at radius 2 is 2.08 bits per heavy atom. The molecule has 1 atom stereocenters. The van der Waals surface area contributed by atoms with Gasteiger partial charge in [0.1, 0.15) is 0 Å². The minimum atomic E-state index is -0.0466. The second kappa shape index (κ2) is 6.32. The van der Waals surface area contributed by atoms with Crippen molar-refractivity contribution in [2.24, 2.45) is 5.92 Å². The van der Waals surface area contributed by atoms with Gasteiger partial charge in [0, 0.05) is 24.9 Å². The Balaban J connectivity index is 1.38. The predicted octanol–water partition coefficient (Wildman–Crippen LogP) is 2.06. The largest absolute Gasteiger partial charge is 0.454 e. The van der Waals surface area contributed by atoms with Crippen LogP contribution in [0.15, 0.2) is 30.5 Å². The van der Waals surface area contributed by atoms with Gasteiger partial charge in [-0.15, -0.1) is 0 Å². The number of benzene rings is 1. The number of ether oxygens (including phenoxy) is 3. The normalized spacial score (nSPS) is 21.4. The summed E-state index contributed by atoms with van der Waals surface area (Å²) in [5.41, 5.74) is 1.62. The lowest BCUT2D eigenvalue weighted by molar-refractivity contribution is 0.0136. The Morgan fingerprint density at radius 3 is 2.96 bits per heavy atom. The Morgan fingerprint density at radius 1 is 1.19 bits per heavy atom. The fraction of sp³-hybridized carbons (Fsp3) is 0.474. The van der Waals surface area contributed by atoms with Gasteiger partial charge in [-0.1, -0.05) is 0 Å². The SMILES string of the molecule is O=C(c1ccc2c(c1)OCO2)N1Cc2ccnn2CC(OCC2CC2)C1. The highest BCUT2D eigenvalue weighted by molar-refractivity contribution is 5.95. The smallest absolute Gasteiger partial charge is 0.254 e. The molecule has 3 aliphatic rings. The average molecular weight is 355 g/mol. The maximum absolute atomic E-state index is 13.1. The average Bonchev–Trinajstić information content (AvgIpc) is 3.25. The summed E-state index contributed by atoms with van der Waals surface area (Å²) in [5, 5.41) is 4.39. The monoisotopic (exact) mass is 355 g/mol. The molecule has 1 saturated carbocycles. The zero-order valence-corrected chi connectivity index (χ0v) is 14.5. The standard InChI is InChI=1S/C19H21N3O4/c23-19(14-3-4-17-18(7-14)26-12-25-17)21-8-15-5-6-20-22(15)10-16(9-21)24-11-13-1-2-13/h3-7,13,16H,1-2,8-12H2. The van der Waals surface area contributed by atoms with Crippen LogP contribution in [0.1, 0.15) is 28.9 Å². The summed E-state index contributed by atoms with van der Waals surface area (Å²) in [7, 11) is 0. The molecule has 1 unspecified atom stereocenters. The fourth-order valence-electron chi connectivity index (χ4n) is 3.44. The van der Waals surface area contributed by atoms with Gasteiger partial charge >= 0.3 is 0 Å². The van der Waals surface area contributed by atoms with Gasteiger partial charge in [-0.05, 0) is 43.0 Å². The second-order valence-corrected chi connectivity index (χ2v) is 7.16. The van der Waals surface area contributed by atoms with Crippen LogP contribution in [-0.4, -0.2) is 46.6 Å². The molecule has 5 rings (SSSR count).